The van der Waals surface area contributed by atoms with Crippen molar-refractivity contribution < 1.29 is 4.74 Å². The molecule has 0 radical (unpaired) electrons. The molecule has 2 bridgehead atoms. The Hall–Kier alpha value is -3.06. The molecule has 0 fully saturated rings. The first-order valence-corrected chi connectivity index (χ1v) is 9.29. The molecule has 1 heteroatoms. The quantitative estimate of drug-likeness (QED) is 0.405. The summed E-state index contributed by atoms with van der Waals surface area (Å²) in [4.78, 5) is 0. The van der Waals surface area contributed by atoms with Gasteiger partial charge in [0.15, 0.2) is 0 Å². The summed E-state index contributed by atoms with van der Waals surface area (Å²) in [5.41, 5.74) is 3.98. The molecule has 0 heterocycles. The van der Waals surface area contributed by atoms with E-state index in [1.54, 1.807) is 18.2 Å². The average Bonchev–Trinajstić information content (AvgIpc) is 3.03. The molecule has 2 aliphatic rings. The van der Waals surface area contributed by atoms with Gasteiger partial charge in [0.05, 0.1) is 0 Å². The summed E-state index contributed by atoms with van der Waals surface area (Å²) in [6.07, 6.45) is 23.7. The first-order valence-electron chi connectivity index (χ1n) is 9.29. The van der Waals surface area contributed by atoms with Crippen LogP contribution >= 0.6 is 0 Å². The van der Waals surface area contributed by atoms with Crippen molar-refractivity contribution in [1.82, 2.24) is 0 Å². The lowest BCUT2D eigenvalue weighted by Crippen LogP contribution is -1.90. The van der Waals surface area contributed by atoms with E-state index in [1.807, 2.05) is 12.1 Å². The highest BCUT2D eigenvalue weighted by molar-refractivity contribution is 5.46. The number of allylic oxidation sites excluding steroid dienone is 13. The maximum Gasteiger partial charge on any atom is 0.127 e. The molecule has 3 rings (SSSR count). The standard InChI is InChI=1S/C14H16O.C12H12/c1-4-6-7-12(3)15-14-10-8-13(5-2)9-11-14;1-10-5-4-7-11-6-2-3-8-12(10)9-11/h4,6-11H,1,3,5H2,2H3;2-9,11H,1H3/b7-6-;. The summed E-state index contributed by atoms with van der Waals surface area (Å²) in [6, 6.07) is 8.01. The van der Waals surface area contributed by atoms with Crippen LogP contribution in [0.5, 0.6) is 5.75 Å². The van der Waals surface area contributed by atoms with Gasteiger partial charge in [0.1, 0.15) is 11.5 Å². The summed E-state index contributed by atoms with van der Waals surface area (Å²) >= 11 is 0. The third kappa shape index (κ3) is 6.99. The molecular weight excluding hydrogens is 328 g/mol. The fourth-order valence-corrected chi connectivity index (χ4v) is 2.63. The molecule has 0 amide bonds. The first kappa shape index (κ1) is 20.3. The lowest BCUT2D eigenvalue weighted by Gasteiger charge is -2.05. The van der Waals surface area contributed by atoms with E-state index < -0.39 is 0 Å². The van der Waals surface area contributed by atoms with Gasteiger partial charge in [-0.05, 0) is 48.3 Å². The topological polar surface area (TPSA) is 9.23 Å². The van der Waals surface area contributed by atoms with Crippen LogP contribution in [0.1, 0.15) is 19.4 Å². The fourth-order valence-electron chi connectivity index (χ4n) is 2.63. The van der Waals surface area contributed by atoms with Gasteiger partial charge >= 0.3 is 0 Å². The second-order valence-corrected chi connectivity index (χ2v) is 6.34. The molecule has 0 spiro atoms. The molecular formula is C26H28O. The molecule has 1 aromatic carbocycles. The van der Waals surface area contributed by atoms with Crippen LogP contribution in [0.2, 0.25) is 0 Å². The Morgan fingerprint density at radius 3 is 2.56 bits per heavy atom. The maximum atomic E-state index is 5.49. The number of rotatable bonds is 5. The zero-order chi connectivity index (χ0) is 19.5. The van der Waals surface area contributed by atoms with Gasteiger partial charge in [0.2, 0.25) is 0 Å². The van der Waals surface area contributed by atoms with Gasteiger partial charge in [-0.3, -0.25) is 0 Å². The predicted molar refractivity (Wildman–Crippen MR) is 118 cm³/mol. The lowest BCUT2D eigenvalue weighted by molar-refractivity contribution is 0.447. The minimum atomic E-state index is 0.476. The van der Waals surface area contributed by atoms with E-state index in [0.29, 0.717) is 11.7 Å². The Labute approximate surface area is 163 Å². The zero-order valence-electron chi connectivity index (χ0n) is 16.3. The largest absolute Gasteiger partial charge is 0.458 e. The van der Waals surface area contributed by atoms with Crippen LogP contribution in [-0.4, -0.2) is 0 Å². The number of benzene rings is 1. The lowest BCUT2D eigenvalue weighted by atomic mass is 10.0. The maximum absolute atomic E-state index is 5.49. The van der Waals surface area contributed by atoms with Crippen LogP contribution in [-0.2, 0) is 6.42 Å². The Kier molecular flexibility index (Phi) is 8.12. The third-order valence-electron chi connectivity index (χ3n) is 4.23. The van der Waals surface area contributed by atoms with Gasteiger partial charge in [0, 0.05) is 5.92 Å². The van der Waals surface area contributed by atoms with Crippen molar-refractivity contribution in [3.8, 4) is 5.75 Å². The van der Waals surface area contributed by atoms with Crippen molar-refractivity contribution in [3.05, 3.63) is 127 Å². The fraction of sp³-hybridized carbons (Fsp3) is 0.154. The van der Waals surface area contributed by atoms with Gasteiger partial charge in [-0.15, -0.1) is 0 Å². The molecule has 1 atom stereocenters. The van der Waals surface area contributed by atoms with Crippen LogP contribution in [0.15, 0.2) is 121 Å². The number of hydrogen-bond donors (Lipinski definition) is 0. The van der Waals surface area contributed by atoms with Gasteiger partial charge in [-0.2, -0.15) is 0 Å². The van der Waals surface area contributed by atoms with Crippen molar-refractivity contribution in [2.45, 2.75) is 20.3 Å². The predicted octanol–water partition coefficient (Wildman–Crippen LogP) is 7.05. The highest BCUT2D eigenvalue weighted by atomic mass is 16.5. The van der Waals surface area contributed by atoms with E-state index in [4.69, 9.17) is 4.74 Å². The molecule has 1 aromatic rings. The smallest absolute Gasteiger partial charge is 0.127 e. The summed E-state index contributed by atoms with van der Waals surface area (Å²) in [5, 5.41) is 0. The summed E-state index contributed by atoms with van der Waals surface area (Å²) < 4.78 is 5.49. The second kappa shape index (κ2) is 10.8. The van der Waals surface area contributed by atoms with Gasteiger partial charge in [0.25, 0.3) is 0 Å². The van der Waals surface area contributed by atoms with Gasteiger partial charge in [-0.25, -0.2) is 0 Å². The van der Waals surface area contributed by atoms with Crippen LogP contribution in [0.3, 0.4) is 0 Å². The van der Waals surface area contributed by atoms with E-state index in [1.165, 1.54) is 16.7 Å². The summed E-state index contributed by atoms with van der Waals surface area (Å²) in [7, 11) is 0. The van der Waals surface area contributed by atoms with Crippen LogP contribution < -0.4 is 4.74 Å². The van der Waals surface area contributed by atoms with Crippen molar-refractivity contribution in [2.24, 2.45) is 5.92 Å². The molecule has 138 valence electrons. The molecule has 0 aliphatic heterocycles. The highest BCUT2D eigenvalue weighted by Gasteiger charge is 2.04. The van der Waals surface area contributed by atoms with E-state index in [9.17, 15) is 0 Å². The van der Waals surface area contributed by atoms with E-state index in [0.717, 1.165) is 12.2 Å². The molecule has 0 saturated carbocycles. The van der Waals surface area contributed by atoms with Crippen molar-refractivity contribution in [1.29, 1.82) is 0 Å². The highest BCUT2D eigenvalue weighted by Crippen LogP contribution is 2.21. The SMILES string of the molecule is C=C/C=C\C(=C)Oc1ccc(CC)cc1.CC1=CC=CC2C=CC=CC1=C2. The molecule has 0 aromatic heterocycles. The minimum Gasteiger partial charge on any atom is -0.458 e. The summed E-state index contributed by atoms with van der Waals surface area (Å²) in [5.74, 6) is 1.90. The van der Waals surface area contributed by atoms with Gasteiger partial charge < -0.3 is 4.74 Å². The molecule has 27 heavy (non-hydrogen) atoms. The first-order chi connectivity index (χ1) is 13.1. The summed E-state index contributed by atoms with van der Waals surface area (Å²) in [6.45, 7) is 11.6. The number of ether oxygens (including phenoxy) is 1. The Bertz CT molecular complexity index is 823. The Morgan fingerprint density at radius 1 is 1.11 bits per heavy atom. The number of aryl methyl sites for hydroxylation is 1. The second-order valence-electron chi connectivity index (χ2n) is 6.34. The molecule has 0 N–H and O–H groups in total. The third-order valence-corrected chi connectivity index (χ3v) is 4.23. The molecule has 0 saturated heterocycles. The minimum absolute atomic E-state index is 0.476. The molecule has 2 aliphatic carbocycles. The Balaban J connectivity index is 0.000000198. The van der Waals surface area contributed by atoms with Crippen LogP contribution in [0.25, 0.3) is 0 Å². The Morgan fingerprint density at radius 2 is 1.85 bits per heavy atom. The molecule has 1 unspecified atom stereocenters. The number of hydrogen-bond acceptors (Lipinski definition) is 1. The van der Waals surface area contributed by atoms with Crippen molar-refractivity contribution in [2.75, 3.05) is 0 Å². The van der Waals surface area contributed by atoms with E-state index >= 15 is 0 Å². The van der Waals surface area contributed by atoms with Crippen LogP contribution in [0.4, 0.5) is 0 Å². The van der Waals surface area contributed by atoms with Crippen molar-refractivity contribution >= 4 is 0 Å². The van der Waals surface area contributed by atoms with Gasteiger partial charge in [-0.1, -0.05) is 93.0 Å². The van der Waals surface area contributed by atoms with Crippen molar-refractivity contribution in [3.63, 3.8) is 0 Å². The van der Waals surface area contributed by atoms with E-state index in [2.05, 4.69) is 87.7 Å². The normalized spacial score (nSPS) is 17.2. The monoisotopic (exact) mass is 356 g/mol. The number of fused-ring (bicyclic) bond motifs is 1. The van der Waals surface area contributed by atoms with E-state index in [-0.39, 0.29) is 0 Å². The zero-order valence-corrected chi connectivity index (χ0v) is 16.3. The van der Waals surface area contributed by atoms with Crippen LogP contribution in [0, 0.1) is 5.92 Å². The molecule has 1 nitrogen and oxygen atoms in total. The average molecular weight is 357 g/mol.